The Bertz CT molecular complexity index is 1200. The van der Waals surface area contributed by atoms with Gasteiger partial charge < -0.3 is 24.7 Å². The van der Waals surface area contributed by atoms with Gasteiger partial charge in [0, 0.05) is 5.52 Å². The SMILES string of the molecule is O=C(O)C(OCc1ccccc1)C(OCc1ccccc1)(C(=O)O)c1cc2ccccc2[nH]1. The maximum atomic E-state index is 12.8. The largest absolute Gasteiger partial charge is 0.479 e. The van der Waals surface area contributed by atoms with Crippen molar-refractivity contribution in [2.45, 2.75) is 24.9 Å². The fourth-order valence-electron chi connectivity index (χ4n) is 3.74. The number of aromatic nitrogens is 1. The quantitative estimate of drug-likeness (QED) is 0.335. The summed E-state index contributed by atoms with van der Waals surface area (Å²) in [6, 6.07) is 26.7. The first kappa shape index (κ1) is 22.3. The topological polar surface area (TPSA) is 109 Å². The molecule has 0 saturated carbocycles. The third kappa shape index (κ3) is 4.64. The Labute approximate surface area is 190 Å². The van der Waals surface area contributed by atoms with Gasteiger partial charge in [0.15, 0.2) is 0 Å². The summed E-state index contributed by atoms with van der Waals surface area (Å²) in [7, 11) is 0. The van der Waals surface area contributed by atoms with E-state index in [1.807, 2.05) is 18.2 Å². The predicted octanol–water partition coefficient (Wildman–Crippen LogP) is 4.33. The second-order valence-electron chi connectivity index (χ2n) is 7.60. The molecule has 3 N–H and O–H groups in total. The number of rotatable bonds is 10. The summed E-state index contributed by atoms with van der Waals surface area (Å²) in [6.07, 6.45) is -1.83. The van der Waals surface area contributed by atoms with Gasteiger partial charge in [0.2, 0.25) is 11.7 Å². The fourth-order valence-corrected chi connectivity index (χ4v) is 3.74. The first-order valence-electron chi connectivity index (χ1n) is 10.4. The number of nitrogens with one attached hydrogen (secondary N) is 1. The monoisotopic (exact) mass is 445 g/mol. The smallest absolute Gasteiger partial charge is 0.345 e. The molecule has 3 aromatic carbocycles. The van der Waals surface area contributed by atoms with Gasteiger partial charge in [-0.3, -0.25) is 0 Å². The molecule has 0 aliphatic carbocycles. The van der Waals surface area contributed by atoms with Crippen LogP contribution in [0.3, 0.4) is 0 Å². The lowest BCUT2D eigenvalue weighted by atomic mass is 9.91. The van der Waals surface area contributed by atoms with Gasteiger partial charge in [0.25, 0.3) is 0 Å². The zero-order valence-electron chi connectivity index (χ0n) is 17.7. The molecule has 7 heteroatoms. The number of carboxylic acids is 2. The highest BCUT2D eigenvalue weighted by molar-refractivity contribution is 5.91. The molecule has 0 spiro atoms. The minimum absolute atomic E-state index is 0.0904. The molecule has 0 saturated heterocycles. The molecule has 7 nitrogen and oxygen atoms in total. The molecular weight excluding hydrogens is 422 g/mol. The average Bonchev–Trinajstić information content (AvgIpc) is 3.26. The number of carbonyl (C=O) groups is 2. The lowest BCUT2D eigenvalue weighted by Gasteiger charge is -2.34. The van der Waals surface area contributed by atoms with E-state index in [9.17, 15) is 19.8 Å². The molecule has 0 radical (unpaired) electrons. The Morgan fingerprint density at radius 2 is 1.39 bits per heavy atom. The Kier molecular flexibility index (Phi) is 6.53. The van der Waals surface area contributed by atoms with E-state index in [4.69, 9.17) is 9.47 Å². The van der Waals surface area contributed by atoms with Crippen LogP contribution < -0.4 is 0 Å². The zero-order chi connectivity index (χ0) is 23.3. The average molecular weight is 445 g/mol. The van der Waals surface area contributed by atoms with Crippen molar-refractivity contribution < 1.29 is 29.3 Å². The Morgan fingerprint density at radius 3 is 1.97 bits per heavy atom. The fraction of sp³-hybridized carbons (Fsp3) is 0.154. The minimum atomic E-state index is -2.32. The summed E-state index contributed by atoms with van der Waals surface area (Å²) in [5.41, 5.74) is -0.162. The number of ether oxygens (including phenoxy) is 2. The normalized spacial score (nSPS) is 13.9. The number of carboxylic acid groups (broad SMARTS) is 2. The van der Waals surface area contributed by atoms with Gasteiger partial charge in [0.1, 0.15) is 0 Å². The van der Waals surface area contributed by atoms with Crippen molar-refractivity contribution in [3.05, 3.63) is 108 Å². The van der Waals surface area contributed by atoms with Crippen molar-refractivity contribution in [2.75, 3.05) is 0 Å². The zero-order valence-corrected chi connectivity index (χ0v) is 17.7. The second kappa shape index (κ2) is 9.68. The molecule has 0 aliphatic rings. The molecule has 0 amide bonds. The van der Waals surface area contributed by atoms with Gasteiger partial charge >= 0.3 is 11.9 Å². The highest BCUT2D eigenvalue weighted by atomic mass is 16.6. The molecule has 2 unspecified atom stereocenters. The van der Waals surface area contributed by atoms with Crippen LogP contribution in [0.5, 0.6) is 0 Å². The van der Waals surface area contributed by atoms with Crippen LogP contribution in [0.4, 0.5) is 0 Å². The lowest BCUT2D eigenvalue weighted by Crippen LogP contribution is -2.54. The van der Waals surface area contributed by atoms with Gasteiger partial charge in [-0.2, -0.15) is 0 Å². The summed E-state index contributed by atoms with van der Waals surface area (Å²) in [6.45, 7) is -0.219. The maximum absolute atomic E-state index is 12.8. The van der Waals surface area contributed by atoms with Crippen molar-refractivity contribution >= 4 is 22.8 Å². The Morgan fingerprint density at radius 1 is 0.818 bits per heavy atom. The van der Waals surface area contributed by atoms with E-state index < -0.39 is 23.6 Å². The highest BCUT2D eigenvalue weighted by Crippen LogP contribution is 2.35. The number of aromatic amines is 1. The van der Waals surface area contributed by atoms with E-state index in [0.717, 1.165) is 5.39 Å². The Hall–Kier alpha value is -3.94. The molecule has 1 aromatic heterocycles. The van der Waals surface area contributed by atoms with Gasteiger partial charge in [-0.1, -0.05) is 78.9 Å². The van der Waals surface area contributed by atoms with Crippen LogP contribution in [-0.4, -0.2) is 33.2 Å². The van der Waals surface area contributed by atoms with Crippen LogP contribution in [0.15, 0.2) is 91.0 Å². The van der Waals surface area contributed by atoms with Crippen molar-refractivity contribution in [1.82, 2.24) is 4.98 Å². The van der Waals surface area contributed by atoms with Gasteiger partial charge in [-0.25, -0.2) is 9.59 Å². The number of aliphatic carboxylic acids is 2. The lowest BCUT2D eigenvalue weighted by molar-refractivity contribution is -0.208. The highest BCUT2D eigenvalue weighted by Gasteiger charge is 2.55. The number of para-hydroxylation sites is 1. The number of H-pyrrole nitrogens is 1. The van der Waals surface area contributed by atoms with E-state index in [-0.39, 0.29) is 18.9 Å². The Balaban J connectivity index is 1.78. The third-order valence-corrected chi connectivity index (χ3v) is 5.41. The molecule has 0 fully saturated rings. The predicted molar refractivity (Wildman–Crippen MR) is 121 cm³/mol. The van der Waals surface area contributed by atoms with Crippen LogP contribution in [-0.2, 0) is 37.9 Å². The molecule has 168 valence electrons. The summed E-state index contributed by atoms with van der Waals surface area (Å²) >= 11 is 0. The summed E-state index contributed by atoms with van der Waals surface area (Å²) in [4.78, 5) is 28.2. The van der Waals surface area contributed by atoms with Crippen LogP contribution in [0.1, 0.15) is 16.8 Å². The third-order valence-electron chi connectivity index (χ3n) is 5.41. The number of hydrogen-bond acceptors (Lipinski definition) is 4. The molecule has 2 atom stereocenters. The molecule has 4 aromatic rings. The van der Waals surface area contributed by atoms with E-state index in [0.29, 0.717) is 16.6 Å². The molecule has 4 rings (SSSR count). The van der Waals surface area contributed by atoms with Crippen molar-refractivity contribution in [2.24, 2.45) is 0 Å². The van der Waals surface area contributed by atoms with Crippen molar-refractivity contribution in [3.63, 3.8) is 0 Å². The maximum Gasteiger partial charge on any atom is 0.345 e. The molecule has 33 heavy (non-hydrogen) atoms. The van der Waals surface area contributed by atoms with Crippen molar-refractivity contribution in [3.8, 4) is 0 Å². The van der Waals surface area contributed by atoms with Gasteiger partial charge in [-0.15, -0.1) is 0 Å². The van der Waals surface area contributed by atoms with Gasteiger partial charge in [0.05, 0.1) is 18.9 Å². The summed E-state index contributed by atoms with van der Waals surface area (Å²) < 4.78 is 11.7. The molecule has 0 bridgehead atoms. The summed E-state index contributed by atoms with van der Waals surface area (Å²) in [5.74, 6) is -2.91. The van der Waals surface area contributed by atoms with Crippen LogP contribution in [0.25, 0.3) is 10.9 Å². The number of hydrogen-bond donors (Lipinski definition) is 3. The van der Waals surface area contributed by atoms with Crippen LogP contribution >= 0.6 is 0 Å². The first-order chi connectivity index (χ1) is 16.0. The molecule has 0 aliphatic heterocycles. The summed E-state index contributed by atoms with van der Waals surface area (Å²) in [5, 5.41) is 21.2. The van der Waals surface area contributed by atoms with E-state index >= 15 is 0 Å². The van der Waals surface area contributed by atoms with E-state index in [1.54, 1.807) is 72.8 Å². The molecule has 1 heterocycles. The number of benzene rings is 3. The van der Waals surface area contributed by atoms with Crippen molar-refractivity contribution in [1.29, 1.82) is 0 Å². The van der Waals surface area contributed by atoms with Gasteiger partial charge in [-0.05, 0) is 28.6 Å². The first-order valence-corrected chi connectivity index (χ1v) is 10.4. The standard InChI is InChI=1S/C26H23NO6/c28-24(29)23(32-16-18-9-3-1-4-10-18)26(25(30)31,33-17-19-11-5-2-6-12-19)22-15-20-13-7-8-14-21(20)27-22/h1-15,23,27H,16-17H2,(H,28,29)(H,30,31). The molecular formula is C26H23NO6. The minimum Gasteiger partial charge on any atom is -0.479 e. The van der Waals surface area contributed by atoms with Crippen LogP contribution in [0, 0.1) is 0 Å². The van der Waals surface area contributed by atoms with E-state index in [1.165, 1.54) is 0 Å². The van der Waals surface area contributed by atoms with Crippen LogP contribution in [0.2, 0.25) is 0 Å². The second-order valence-corrected chi connectivity index (χ2v) is 7.60. The number of fused-ring (bicyclic) bond motifs is 1. The van der Waals surface area contributed by atoms with E-state index in [2.05, 4.69) is 4.98 Å².